The lowest BCUT2D eigenvalue weighted by Crippen LogP contribution is -2.52. The molecule has 10 heteroatoms. The Kier molecular flexibility index (Phi) is 8.00. The Labute approximate surface area is 185 Å². The molecule has 0 spiro atoms. The predicted molar refractivity (Wildman–Crippen MR) is 109 cm³/mol. The highest BCUT2D eigenvalue weighted by molar-refractivity contribution is 5.79. The summed E-state index contributed by atoms with van der Waals surface area (Å²) < 4.78 is 43.0. The molecule has 3 atom stereocenters. The number of benzene rings is 1. The molecule has 3 aliphatic rings. The third-order valence-corrected chi connectivity index (χ3v) is 6.17. The molecule has 0 saturated carbocycles. The van der Waals surface area contributed by atoms with Crippen LogP contribution in [0.5, 0.6) is 5.75 Å². The number of halogens is 3. The molecular formula is C22H29F3N2O5. The fraction of sp³-hybridized carbons (Fsp3) is 0.636. The Morgan fingerprint density at radius 3 is 2.38 bits per heavy atom. The minimum atomic E-state index is -5.08. The minimum Gasteiger partial charge on any atom is -0.497 e. The molecular weight excluding hydrogens is 429 g/mol. The number of hydrogen-bond donors (Lipinski definition) is 1. The van der Waals surface area contributed by atoms with Crippen LogP contribution in [0.25, 0.3) is 0 Å². The number of aliphatic carboxylic acids is 1. The number of carboxylic acid groups (broad SMARTS) is 1. The van der Waals surface area contributed by atoms with E-state index in [1.807, 2.05) is 12.1 Å². The van der Waals surface area contributed by atoms with Crippen molar-refractivity contribution in [3.63, 3.8) is 0 Å². The molecule has 0 aromatic heterocycles. The average Bonchev–Trinajstić information content (AvgIpc) is 3.45. The van der Waals surface area contributed by atoms with Crippen molar-refractivity contribution in [2.24, 2.45) is 5.92 Å². The summed E-state index contributed by atoms with van der Waals surface area (Å²) in [6.45, 7) is 4.41. The Morgan fingerprint density at radius 1 is 1.19 bits per heavy atom. The number of rotatable bonds is 4. The topological polar surface area (TPSA) is 79.3 Å². The number of methoxy groups -OCH3 is 1. The average molecular weight is 458 g/mol. The van der Waals surface area contributed by atoms with E-state index in [-0.39, 0.29) is 12.0 Å². The first-order valence-corrected chi connectivity index (χ1v) is 10.8. The zero-order chi connectivity index (χ0) is 23.3. The first-order chi connectivity index (χ1) is 15.2. The van der Waals surface area contributed by atoms with E-state index in [9.17, 15) is 18.0 Å². The zero-order valence-corrected chi connectivity index (χ0v) is 18.0. The fourth-order valence-electron chi connectivity index (χ4n) is 4.58. The van der Waals surface area contributed by atoms with Crippen molar-refractivity contribution in [3.05, 3.63) is 29.8 Å². The highest BCUT2D eigenvalue weighted by atomic mass is 19.4. The summed E-state index contributed by atoms with van der Waals surface area (Å²) in [6, 6.07) is 8.71. The summed E-state index contributed by atoms with van der Waals surface area (Å²) in [5, 5.41) is 7.12. The summed E-state index contributed by atoms with van der Waals surface area (Å²) in [5.41, 5.74) is 1.26. The largest absolute Gasteiger partial charge is 0.497 e. The molecule has 3 aliphatic heterocycles. The van der Waals surface area contributed by atoms with Crippen LogP contribution in [-0.4, -0.2) is 78.5 Å². The van der Waals surface area contributed by atoms with Crippen LogP contribution in [-0.2, 0) is 20.9 Å². The number of carbonyl (C=O) groups excluding carboxylic acids is 1. The van der Waals surface area contributed by atoms with Gasteiger partial charge in [-0.3, -0.25) is 9.69 Å². The van der Waals surface area contributed by atoms with Crippen molar-refractivity contribution < 1.29 is 37.3 Å². The van der Waals surface area contributed by atoms with Crippen LogP contribution >= 0.6 is 0 Å². The molecule has 3 heterocycles. The van der Waals surface area contributed by atoms with Gasteiger partial charge in [0.1, 0.15) is 5.75 Å². The predicted octanol–water partition coefficient (Wildman–Crippen LogP) is 2.93. The maximum atomic E-state index is 12.9. The van der Waals surface area contributed by atoms with Crippen LogP contribution in [0.15, 0.2) is 24.3 Å². The Hall–Kier alpha value is -2.33. The Balaban J connectivity index is 0.000000360. The van der Waals surface area contributed by atoms with Crippen LogP contribution in [0, 0.1) is 5.92 Å². The lowest BCUT2D eigenvalue weighted by atomic mass is 9.88. The molecule has 178 valence electrons. The SMILES string of the molecule is COc1ccc(CN2C[C@@H](C(=O)N3CCCC3)C[C@H]3OCC[C@H]32)cc1.O=C(O)C(F)(F)F. The van der Waals surface area contributed by atoms with E-state index in [1.54, 1.807) is 7.11 Å². The van der Waals surface area contributed by atoms with Crippen molar-refractivity contribution in [3.8, 4) is 5.75 Å². The summed E-state index contributed by atoms with van der Waals surface area (Å²) in [7, 11) is 1.69. The van der Waals surface area contributed by atoms with Crippen LogP contribution in [0.3, 0.4) is 0 Å². The first kappa shape index (κ1) is 24.3. The Morgan fingerprint density at radius 2 is 1.81 bits per heavy atom. The number of piperidine rings is 1. The van der Waals surface area contributed by atoms with E-state index in [1.165, 1.54) is 5.56 Å². The van der Waals surface area contributed by atoms with Crippen LogP contribution in [0.2, 0.25) is 0 Å². The molecule has 1 amide bonds. The second-order valence-electron chi connectivity index (χ2n) is 8.31. The molecule has 0 bridgehead atoms. The van der Waals surface area contributed by atoms with Crippen molar-refractivity contribution in [1.29, 1.82) is 0 Å². The molecule has 1 aromatic carbocycles. The number of ether oxygens (including phenoxy) is 2. The molecule has 1 N–H and O–H groups in total. The molecule has 3 saturated heterocycles. The highest BCUT2D eigenvalue weighted by Crippen LogP contribution is 2.33. The number of hydrogen-bond acceptors (Lipinski definition) is 5. The van der Waals surface area contributed by atoms with Crippen molar-refractivity contribution in [2.75, 3.05) is 33.4 Å². The quantitative estimate of drug-likeness (QED) is 0.748. The minimum absolute atomic E-state index is 0.0794. The standard InChI is InChI=1S/C20H28N2O3.C2HF3O2/c1-24-17-6-4-15(5-7-17)13-22-14-16(12-19-18(22)8-11-25-19)20(23)21-9-2-3-10-21;3-2(4,5)1(6)7/h4-7,16,18-19H,2-3,8-14H2,1H3;(H,6,7)/t16-,18+,19+;/m0./s1. The number of alkyl halides is 3. The van der Waals surface area contributed by atoms with Crippen molar-refractivity contribution in [1.82, 2.24) is 9.80 Å². The molecule has 4 rings (SSSR count). The molecule has 7 nitrogen and oxygen atoms in total. The number of nitrogens with zero attached hydrogens (tertiary/aromatic N) is 2. The van der Waals surface area contributed by atoms with Gasteiger partial charge in [0, 0.05) is 38.8 Å². The molecule has 32 heavy (non-hydrogen) atoms. The number of amides is 1. The second kappa shape index (κ2) is 10.5. The fourth-order valence-corrected chi connectivity index (χ4v) is 4.58. The molecule has 3 fully saturated rings. The van der Waals surface area contributed by atoms with Gasteiger partial charge in [-0.15, -0.1) is 0 Å². The first-order valence-electron chi connectivity index (χ1n) is 10.8. The molecule has 0 aliphatic carbocycles. The monoisotopic (exact) mass is 458 g/mol. The van der Waals surface area contributed by atoms with Gasteiger partial charge in [-0.05, 0) is 43.4 Å². The molecule has 1 aromatic rings. The number of carbonyl (C=O) groups is 2. The maximum Gasteiger partial charge on any atom is 0.490 e. The third kappa shape index (κ3) is 6.13. The number of likely N-dealkylation sites (tertiary alicyclic amines) is 2. The summed E-state index contributed by atoms with van der Waals surface area (Å²) in [5.74, 6) is -1.46. The normalized spacial score (nSPS) is 25.6. The van der Waals surface area contributed by atoms with Gasteiger partial charge in [-0.1, -0.05) is 12.1 Å². The van der Waals surface area contributed by atoms with E-state index in [4.69, 9.17) is 19.4 Å². The number of carboxylic acids is 1. The van der Waals surface area contributed by atoms with E-state index < -0.39 is 12.1 Å². The van der Waals surface area contributed by atoms with Gasteiger partial charge in [0.05, 0.1) is 19.1 Å². The van der Waals surface area contributed by atoms with Crippen LogP contribution < -0.4 is 4.74 Å². The second-order valence-corrected chi connectivity index (χ2v) is 8.31. The van der Waals surface area contributed by atoms with Crippen LogP contribution in [0.4, 0.5) is 13.2 Å². The summed E-state index contributed by atoms with van der Waals surface area (Å²) in [4.78, 5) is 26.3. The summed E-state index contributed by atoms with van der Waals surface area (Å²) in [6.07, 6.45) is -0.610. The van der Waals surface area contributed by atoms with Crippen LogP contribution in [0.1, 0.15) is 31.2 Å². The Bertz CT molecular complexity index is 781. The van der Waals surface area contributed by atoms with E-state index in [0.717, 1.165) is 64.2 Å². The van der Waals surface area contributed by atoms with E-state index in [0.29, 0.717) is 11.9 Å². The van der Waals surface area contributed by atoms with Gasteiger partial charge in [0.2, 0.25) is 5.91 Å². The smallest absolute Gasteiger partial charge is 0.490 e. The molecule has 0 radical (unpaired) electrons. The highest BCUT2D eigenvalue weighted by Gasteiger charge is 2.43. The van der Waals surface area contributed by atoms with Gasteiger partial charge >= 0.3 is 12.1 Å². The van der Waals surface area contributed by atoms with Gasteiger partial charge in [0.15, 0.2) is 0 Å². The molecule has 0 unspecified atom stereocenters. The van der Waals surface area contributed by atoms with Crippen molar-refractivity contribution in [2.45, 2.75) is 50.6 Å². The zero-order valence-electron chi connectivity index (χ0n) is 18.0. The van der Waals surface area contributed by atoms with Gasteiger partial charge in [0.25, 0.3) is 0 Å². The van der Waals surface area contributed by atoms with Gasteiger partial charge < -0.3 is 19.5 Å². The number of fused-ring (bicyclic) bond motifs is 1. The van der Waals surface area contributed by atoms with Gasteiger partial charge in [-0.2, -0.15) is 13.2 Å². The van der Waals surface area contributed by atoms with E-state index >= 15 is 0 Å². The summed E-state index contributed by atoms with van der Waals surface area (Å²) >= 11 is 0. The van der Waals surface area contributed by atoms with E-state index in [2.05, 4.69) is 21.9 Å². The lowest BCUT2D eigenvalue weighted by molar-refractivity contribution is -0.192. The van der Waals surface area contributed by atoms with Gasteiger partial charge in [-0.25, -0.2) is 4.79 Å². The third-order valence-electron chi connectivity index (χ3n) is 6.17. The lowest BCUT2D eigenvalue weighted by Gasteiger charge is -2.41. The van der Waals surface area contributed by atoms with Crippen molar-refractivity contribution >= 4 is 11.9 Å². The maximum absolute atomic E-state index is 12.9.